The van der Waals surface area contributed by atoms with Crippen LogP contribution in [-0.2, 0) is 17.6 Å². The van der Waals surface area contributed by atoms with Gasteiger partial charge in [-0.2, -0.15) is 0 Å². The molecule has 0 bridgehead atoms. The number of nitrogens with zero attached hydrogens (tertiary/aromatic N) is 1. The molecule has 0 spiro atoms. The number of carboxylic acid groups (broad SMARTS) is 1. The van der Waals surface area contributed by atoms with E-state index in [1.54, 1.807) is 11.8 Å². The molecule has 2 amide bonds. The number of thioether (sulfide) groups is 1. The molecule has 2 N–H and O–H groups in total. The van der Waals surface area contributed by atoms with E-state index in [4.69, 9.17) is 0 Å². The van der Waals surface area contributed by atoms with E-state index >= 15 is 0 Å². The summed E-state index contributed by atoms with van der Waals surface area (Å²) >= 11 is 1.36. The Morgan fingerprint density at radius 2 is 1.74 bits per heavy atom. The van der Waals surface area contributed by atoms with Crippen molar-refractivity contribution in [2.45, 2.75) is 87.8 Å². The number of carbonyl (C=O) groups excluding carboxylic acids is 1. The monoisotopic (exact) mass is 552 g/mol. The number of alkyl halides is 3. The van der Waals surface area contributed by atoms with Gasteiger partial charge in [0.1, 0.15) is 10.5 Å². The number of fused-ring (bicyclic) bond motifs is 1. The standard InChI is InChI=1S/C28H35F3N2O4S/c1-4-6-7-15-33(26(36)32-21-9-11-23(12-10-21)37-28(29,30)31)22-16-19-8-13-24(18-20(19)17-22)38-27(3,14-5-2)25(34)35/h8-13,18,22H,4-7,14-17H2,1-3H3,(H,32,36)(H,34,35). The molecule has 0 saturated heterocycles. The van der Waals surface area contributed by atoms with Crippen LogP contribution < -0.4 is 10.1 Å². The number of ether oxygens (including phenoxy) is 1. The lowest BCUT2D eigenvalue weighted by molar-refractivity contribution is -0.274. The maximum Gasteiger partial charge on any atom is 0.573 e. The molecule has 2 atom stereocenters. The second-order valence-electron chi connectivity index (χ2n) is 9.78. The molecule has 1 aliphatic carbocycles. The summed E-state index contributed by atoms with van der Waals surface area (Å²) in [6, 6.07) is 10.7. The summed E-state index contributed by atoms with van der Waals surface area (Å²) < 4.78 is 40.3. The van der Waals surface area contributed by atoms with Crippen LogP contribution in [0.2, 0.25) is 0 Å². The summed E-state index contributed by atoms with van der Waals surface area (Å²) in [7, 11) is 0. The molecule has 38 heavy (non-hydrogen) atoms. The van der Waals surface area contributed by atoms with Gasteiger partial charge < -0.3 is 20.1 Å². The van der Waals surface area contributed by atoms with E-state index in [0.29, 0.717) is 31.5 Å². The van der Waals surface area contributed by atoms with Crippen LogP contribution in [0.3, 0.4) is 0 Å². The number of benzene rings is 2. The number of nitrogens with one attached hydrogen (secondary N) is 1. The molecule has 10 heteroatoms. The van der Waals surface area contributed by atoms with Crippen molar-refractivity contribution in [2.75, 3.05) is 11.9 Å². The van der Waals surface area contributed by atoms with Crippen LogP contribution >= 0.6 is 11.8 Å². The first kappa shape index (κ1) is 29.7. The topological polar surface area (TPSA) is 78.9 Å². The van der Waals surface area contributed by atoms with Gasteiger partial charge in [-0.3, -0.25) is 4.79 Å². The normalized spacial score (nSPS) is 16.4. The fraction of sp³-hybridized carbons (Fsp3) is 0.500. The van der Waals surface area contributed by atoms with Crippen molar-refractivity contribution in [3.63, 3.8) is 0 Å². The maximum absolute atomic E-state index is 13.3. The highest BCUT2D eigenvalue weighted by atomic mass is 32.2. The van der Waals surface area contributed by atoms with Gasteiger partial charge in [0.05, 0.1) is 0 Å². The fourth-order valence-electron chi connectivity index (χ4n) is 4.71. The Bertz CT molecular complexity index is 1110. The molecule has 1 aliphatic rings. The molecule has 208 valence electrons. The average molecular weight is 553 g/mol. The molecule has 0 aromatic heterocycles. The molecule has 2 aromatic carbocycles. The number of carboxylic acids is 1. The lowest BCUT2D eigenvalue weighted by atomic mass is 10.1. The molecule has 0 fully saturated rings. The zero-order valence-corrected chi connectivity index (χ0v) is 22.8. The first-order chi connectivity index (χ1) is 17.9. The van der Waals surface area contributed by atoms with E-state index < -0.39 is 17.1 Å². The van der Waals surface area contributed by atoms with Gasteiger partial charge in [0.15, 0.2) is 0 Å². The van der Waals surface area contributed by atoms with Gasteiger partial charge in [0.2, 0.25) is 0 Å². The lowest BCUT2D eigenvalue weighted by Gasteiger charge is -2.29. The first-order valence-electron chi connectivity index (χ1n) is 12.9. The van der Waals surface area contributed by atoms with Crippen LogP contribution in [-0.4, -0.2) is 45.7 Å². The van der Waals surface area contributed by atoms with Gasteiger partial charge in [0, 0.05) is 23.2 Å². The quantitative estimate of drug-likeness (QED) is 0.210. The van der Waals surface area contributed by atoms with E-state index in [9.17, 15) is 27.9 Å². The summed E-state index contributed by atoms with van der Waals surface area (Å²) in [5, 5.41) is 12.6. The van der Waals surface area contributed by atoms with E-state index in [1.807, 2.05) is 25.1 Å². The van der Waals surface area contributed by atoms with Crippen LogP contribution in [0.5, 0.6) is 5.75 Å². The SMILES string of the molecule is CCCCCN(C(=O)Nc1ccc(OC(F)(F)F)cc1)C1Cc2ccc(SC(C)(CCC)C(=O)O)cc2C1. The predicted octanol–water partition coefficient (Wildman–Crippen LogP) is 7.51. The molecule has 3 rings (SSSR count). The Morgan fingerprint density at radius 3 is 2.34 bits per heavy atom. The van der Waals surface area contributed by atoms with Gasteiger partial charge in [-0.15, -0.1) is 24.9 Å². The molecule has 0 aliphatic heterocycles. The zero-order valence-electron chi connectivity index (χ0n) is 21.9. The van der Waals surface area contributed by atoms with Gasteiger partial charge in [0.25, 0.3) is 0 Å². The highest BCUT2D eigenvalue weighted by Gasteiger charge is 2.35. The van der Waals surface area contributed by atoms with E-state index in [0.717, 1.165) is 41.7 Å². The third-order valence-electron chi connectivity index (χ3n) is 6.65. The summed E-state index contributed by atoms with van der Waals surface area (Å²) in [4.78, 5) is 27.9. The van der Waals surface area contributed by atoms with Crippen molar-refractivity contribution >= 4 is 29.4 Å². The van der Waals surface area contributed by atoms with Gasteiger partial charge >= 0.3 is 18.4 Å². The number of aliphatic carboxylic acids is 1. The fourth-order valence-corrected chi connectivity index (χ4v) is 5.96. The summed E-state index contributed by atoms with van der Waals surface area (Å²) in [5.41, 5.74) is 2.61. The Hall–Kier alpha value is -2.88. The Morgan fingerprint density at radius 1 is 1.05 bits per heavy atom. The minimum absolute atomic E-state index is 0.0727. The number of carbonyl (C=O) groups is 2. The molecule has 0 heterocycles. The van der Waals surface area contributed by atoms with Crippen molar-refractivity contribution in [3.8, 4) is 5.75 Å². The summed E-state index contributed by atoms with van der Waals surface area (Å²) in [6.45, 7) is 6.37. The first-order valence-corrected chi connectivity index (χ1v) is 13.7. The van der Waals surface area contributed by atoms with Crippen LogP contribution in [0, 0.1) is 0 Å². The molecule has 6 nitrogen and oxygen atoms in total. The Labute approximate surface area is 225 Å². The largest absolute Gasteiger partial charge is 0.573 e. The number of halogens is 3. The number of amides is 2. The number of anilines is 1. The van der Waals surface area contributed by atoms with Crippen molar-refractivity contribution in [2.24, 2.45) is 0 Å². The van der Waals surface area contributed by atoms with E-state index in [1.165, 1.54) is 36.0 Å². The Balaban J connectivity index is 1.72. The smallest absolute Gasteiger partial charge is 0.480 e. The lowest BCUT2D eigenvalue weighted by Crippen LogP contribution is -2.44. The summed E-state index contributed by atoms with van der Waals surface area (Å²) in [6.07, 6.45) is 0.691. The highest BCUT2D eigenvalue weighted by molar-refractivity contribution is 8.01. The van der Waals surface area contributed by atoms with E-state index in [-0.39, 0.29) is 17.8 Å². The molecule has 0 radical (unpaired) electrons. The molecular weight excluding hydrogens is 517 g/mol. The van der Waals surface area contributed by atoms with Gasteiger partial charge in [-0.25, -0.2) is 4.79 Å². The van der Waals surface area contributed by atoms with Crippen molar-refractivity contribution in [1.29, 1.82) is 0 Å². The molecule has 0 saturated carbocycles. The number of hydrogen-bond donors (Lipinski definition) is 2. The van der Waals surface area contributed by atoms with Crippen LogP contribution in [0.1, 0.15) is 64.0 Å². The van der Waals surface area contributed by atoms with Crippen LogP contribution in [0.15, 0.2) is 47.4 Å². The third-order valence-corrected chi connectivity index (χ3v) is 7.97. The van der Waals surface area contributed by atoms with Crippen molar-refractivity contribution < 1.29 is 32.6 Å². The van der Waals surface area contributed by atoms with Crippen molar-refractivity contribution in [3.05, 3.63) is 53.6 Å². The predicted molar refractivity (Wildman–Crippen MR) is 143 cm³/mol. The Kier molecular flexibility index (Phi) is 9.98. The number of urea groups is 1. The van der Waals surface area contributed by atoms with Crippen LogP contribution in [0.4, 0.5) is 23.7 Å². The minimum atomic E-state index is -4.78. The number of unbranched alkanes of at least 4 members (excludes halogenated alkanes) is 2. The summed E-state index contributed by atoms with van der Waals surface area (Å²) in [5.74, 6) is -1.19. The molecule has 2 unspecified atom stereocenters. The number of rotatable bonds is 12. The second-order valence-corrected chi connectivity index (χ2v) is 11.4. The molecular formula is C28H35F3N2O4S. The minimum Gasteiger partial charge on any atom is -0.480 e. The highest BCUT2D eigenvalue weighted by Crippen LogP contribution is 2.39. The van der Waals surface area contributed by atoms with Gasteiger partial charge in [-0.05, 0) is 80.1 Å². The van der Waals surface area contributed by atoms with Gasteiger partial charge in [-0.1, -0.05) is 39.2 Å². The number of hydrogen-bond acceptors (Lipinski definition) is 4. The second kappa shape index (κ2) is 12.8. The van der Waals surface area contributed by atoms with Crippen molar-refractivity contribution in [1.82, 2.24) is 4.90 Å². The molecule has 2 aromatic rings. The average Bonchev–Trinajstić information content (AvgIpc) is 3.25. The maximum atomic E-state index is 13.3. The third kappa shape index (κ3) is 8.06. The zero-order chi connectivity index (χ0) is 27.9. The van der Waals surface area contributed by atoms with E-state index in [2.05, 4.69) is 17.0 Å². The van der Waals surface area contributed by atoms with Crippen LogP contribution in [0.25, 0.3) is 0 Å².